The number of nitrogens with zero attached hydrogens (tertiary/aromatic N) is 1. The Morgan fingerprint density at radius 2 is 1.95 bits per heavy atom. The van der Waals surface area contributed by atoms with Gasteiger partial charge in [0.1, 0.15) is 0 Å². The minimum Gasteiger partial charge on any atom is -0.399 e. The molecule has 1 aliphatic heterocycles. The molecule has 0 radical (unpaired) electrons. The van der Waals surface area contributed by atoms with Crippen LogP contribution in [0.25, 0.3) is 0 Å². The Bertz CT molecular complexity index is 408. The number of hydrogen-bond donors (Lipinski definition) is 2. The molecular weight excluding hydrogens is 238 g/mol. The van der Waals surface area contributed by atoms with E-state index < -0.39 is 0 Å². The predicted molar refractivity (Wildman–Crippen MR) is 77.8 cm³/mol. The molecule has 3 N–H and O–H groups in total. The number of benzene rings is 1. The van der Waals surface area contributed by atoms with Crippen molar-refractivity contribution in [3.05, 3.63) is 29.8 Å². The molecule has 0 aromatic heterocycles. The summed E-state index contributed by atoms with van der Waals surface area (Å²) in [4.78, 5) is 14.3. The fourth-order valence-corrected chi connectivity index (χ4v) is 2.43. The van der Waals surface area contributed by atoms with E-state index in [9.17, 15) is 4.79 Å². The molecule has 0 aliphatic carbocycles. The van der Waals surface area contributed by atoms with Crippen molar-refractivity contribution in [2.24, 2.45) is 5.92 Å². The lowest BCUT2D eigenvalue weighted by atomic mass is 9.96. The van der Waals surface area contributed by atoms with Gasteiger partial charge in [-0.05, 0) is 57.1 Å². The number of nitrogens with one attached hydrogen (secondary N) is 1. The highest BCUT2D eigenvalue weighted by atomic mass is 16.1. The summed E-state index contributed by atoms with van der Waals surface area (Å²) in [5.74, 6) is 0.408. The molecule has 104 valence electrons. The van der Waals surface area contributed by atoms with Crippen molar-refractivity contribution < 1.29 is 4.79 Å². The number of likely N-dealkylation sites (tertiary alicyclic amines) is 1. The van der Waals surface area contributed by atoms with Crippen LogP contribution in [0.2, 0.25) is 0 Å². The van der Waals surface area contributed by atoms with Crippen molar-refractivity contribution in [2.45, 2.75) is 19.3 Å². The zero-order valence-electron chi connectivity index (χ0n) is 11.6. The second kappa shape index (κ2) is 6.57. The lowest BCUT2D eigenvalue weighted by molar-refractivity contribution is -0.126. The van der Waals surface area contributed by atoms with Crippen LogP contribution in [0.15, 0.2) is 24.3 Å². The molecule has 4 nitrogen and oxygen atoms in total. The van der Waals surface area contributed by atoms with Crippen LogP contribution in [-0.4, -0.2) is 37.5 Å². The highest BCUT2D eigenvalue weighted by Crippen LogP contribution is 2.15. The molecule has 1 fully saturated rings. The third-order valence-corrected chi connectivity index (χ3v) is 3.78. The van der Waals surface area contributed by atoms with Gasteiger partial charge >= 0.3 is 0 Å². The normalized spacial score (nSPS) is 17.3. The van der Waals surface area contributed by atoms with Gasteiger partial charge in [0.05, 0.1) is 0 Å². The molecular formula is C15H23N3O. The van der Waals surface area contributed by atoms with Crippen molar-refractivity contribution in [1.82, 2.24) is 10.2 Å². The van der Waals surface area contributed by atoms with E-state index in [1.165, 1.54) is 5.56 Å². The zero-order chi connectivity index (χ0) is 13.7. The molecule has 0 saturated carbocycles. The first-order valence-corrected chi connectivity index (χ1v) is 6.96. The first kappa shape index (κ1) is 13.9. The van der Waals surface area contributed by atoms with Gasteiger partial charge in [0.15, 0.2) is 0 Å². The van der Waals surface area contributed by atoms with Crippen LogP contribution in [-0.2, 0) is 11.2 Å². The van der Waals surface area contributed by atoms with Gasteiger partial charge in [-0.3, -0.25) is 4.79 Å². The standard InChI is InChI=1S/C15H23N3O/c1-18-10-7-13(8-11-18)15(19)17-9-6-12-2-4-14(16)5-3-12/h2-5,13H,6-11,16H2,1H3,(H,17,19). The number of amides is 1. The molecule has 0 spiro atoms. The van der Waals surface area contributed by atoms with E-state index in [-0.39, 0.29) is 11.8 Å². The molecule has 19 heavy (non-hydrogen) atoms. The number of carbonyl (C=O) groups excluding carboxylic acids is 1. The van der Waals surface area contributed by atoms with Crippen LogP contribution in [0.5, 0.6) is 0 Å². The second-order valence-corrected chi connectivity index (χ2v) is 5.36. The largest absolute Gasteiger partial charge is 0.399 e. The number of rotatable bonds is 4. The first-order valence-electron chi connectivity index (χ1n) is 6.96. The Kier molecular flexibility index (Phi) is 4.80. The maximum Gasteiger partial charge on any atom is 0.223 e. The van der Waals surface area contributed by atoms with E-state index in [0.29, 0.717) is 6.54 Å². The van der Waals surface area contributed by atoms with Gasteiger partial charge in [0.25, 0.3) is 0 Å². The summed E-state index contributed by atoms with van der Waals surface area (Å²) in [7, 11) is 2.11. The smallest absolute Gasteiger partial charge is 0.223 e. The number of nitrogen functional groups attached to an aromatic ring is 1. The van der Waals surface area contributed by atoms with Crippen LogP contribution in [0.4, 0.5) is 5.69 Å². The molecule has 1 amide bonds. The van der Waals surface area contributed by atoms with Crippen molar-refractivity contribution >= 4 is 11.6 Å². The fourth-order valence-electron chi connectivity index (χ4n) is 2.43. The summed E-state index contributed by atoms with van der Waals surface area (Å²) in [6, 6.07) is 7.82. The molecule has 0 atom stereocenters. The van der Waals surface area contributed by atoms with Crippen molar-refractivity contribution in [2.75, 3.05) is 32.4 Å². The third-order valence-electron chi connectivity index (χ3n) is 3.78. The summed E-state index contributed by atoms with van der Waals surface area (Å²) < 4.78 is 0. The SMILES string of the molecule is CN1CCC(C(=O)NCCc2ccc(N)cc2)CC1. The number of hydrogen-bond acceptors (Lipinski definition) is 3. The van der Waals surface area contributed by atoms with E-state index in [1.54, 1.807) is 0 Å². The summed E-state index contributed by atoms with van der Waals surface area (Å²) in [5, 5.41) is 3.04. The minimum absolute atomic E-state index is 0.197. The summed E-state index contributed by atoms with van der Waals surface area (Å²) in [5.41, 5.74) is 7.62. The van der Waals surface area contributed by atoms with Crippen LogP contribution in [0, 0.1) is 5.92 Å². The number of nitrogens with two attached hydrogens (primary N) is 1. The minimum atomic E-state index is 0.197. The van der Waals surface area contributed by atoms with Crippen LogP contribution < -0.4 is 11.1 Å². The molecule has 1 heterocycles. The highest BCUT2D eigenvalue weighted by molar-refractivity contribution is 5.78. The lowest BCUT2D eigenvalue weighted by Crippen LogP contribution is -2.39. The van der Waals surface area contributed by atoms with Crippen molar-refractivity contribution in [3.8, 4) is 0 Å². The Labute approximate surface area is 115 Å². The summed E-state index contributed by atoms with van der Waals surface area (Å²) >= 11 is 0. The quantitative estimate of drug-likeness (QED) is 0.803. The average Bonchev–Trinajstić information content (AvgIpc) is 2.41. The third kappa shape index (κ3) is 4.24. The lowest BCUT2D eigenvalue weighted by Gasteiger charge is -2.28. The molecule has 0 bridgehead atoms. The Morgan fingerprint density at radius 1 is 1.32 bits per heavy atom. The molecule has 1 saturated heterocycles. The van der Waals surface area contributed by atoms with E-state index in [1.807, 2.05) is 24.3 Å². The van der Waals surface area contributed by atoms with E-state index in [4.69, 9.17) is 5.73 Å². The Balaban J connectivity index is 1.70. The van der Waals surface area contributed by atoms with Gasteiger partial charge in [-0.25, -0.2) is 0 Å². The van der Waals surface area contributed by atoms with Gasteiger partial charge in [0.2, 0.25) is 5.91 Å². The van der Waals surface area contributed by atoms with E-state index in [0.717, 1.165) is 38.0 Å². The fraction of sp³-hybridized carbons (Fsp3) is 0.533. The summed E-state index contributed by atoms with van der Waals surface area (Å²) in [6.45, 7) is 2.75. The van der Waals surface area contributed by atoms with Gasteiger partial charge in [-0.1, -0.05) is 12.1 Å². The maximum atomic E-state index is 12.0. The number of piperidine rings is 1. The van der Waals surface area contributed by atoms with Crippen LogP contribution in [0.3, 0.4) is 0 Å². The number of carbonyl (C=O) groups is 1. The molecule has 2 rings (SSSR count). The summed E-state index contributed by atoms with van der Waals surface area (Å²) in [6.07, 6.45) is 2.81. The topological polar surface area (TPSA) is 58.4 Å². The highest BCUT2D eigenvalue weighted by Gasteiger charge is 2.22. The molecule has 1 aliphatic rings. The Hall–Kier alpha value is -1.55. The maximum absolute atomic E-state index is 12.0. The van der Waals surface area contributed by atoms with Crippen LogP contribution in [0.1, 0.15) is 18.4 Å². The van der Waals surface area contributed by atoms with Gasteiger partial charge in [0, 0.05) is 18.2 Å². The van der Waals surface area contributed by atoms with Crippen molar-refractivity contribution in [1.29, 1.82) is 0 Å². The molecule has 4 heteroatoms. The van der Waals surface area contributed by atoms with E-state index in [2.05, 4.69) is 17.3 Å². The van der Waals surface area contributed by atoms with Crippen molar-refractivity contribution in [3.63, 3.8) is 0 Å². The molecule has 0 unspecified atom stereocenters. The van der Waals surface area contributed by atoms with Gasteiger partial charge in [-0.15, -0.1) is 0 Å². The average molecular weight is 261 g/mol. The molecule has 1 aromatic carbocycles. The zero-order valence-corrected chi connectivity index (χ0v) is 11.6. The van der Waals surface area contributed by atoms with Crippen LogP contribution >= 0.6 is 0 Å². The Morgan fingerprint density at radius 3 is 2.58 bits per heavy atom. The molecule has 1 aromatic rings. The second-order valence-electron chi connectivity index (χ2n) is 5.36. The van der Waals surface area contributed by atoms with Gasteiger partial charge in [-0.2, -0.15) is 0 Å². The predicted octanol–water partition coefficient (Wildman–Crippen LogP) is 1.27. The first-order chi connectivity index (χ1) is 9.15. The number of anilines is 1. The van der Waals surface area contributed by atoms with E-state index >= 15 is 0 Å². The monoisotopic (exact) mass is 261 g/mol. The van der Waals surface area contributed by atoms with Gasteiger partial charge < -0.3 is 16.0 Å².